The van der Waals surface area contributed by atoms with Crippen molar-refractivity contribution < 1.29 is 18.7 Å². The minimum atomic E-state index is -0.520. The zero-order valence-corrected chi connectivity index (χ0v) is 18.1. The van der Waals surface area contributed by atoms with Crippen LogP contribution in [0.15, 0.2) is 40.1 Å². The number of aromatic nitrogens is 1. The molecule has 0 unspecified atom stereocenters. The summed E-state index contributed by atoms with van der Waals surface area (Å²) in [5.41, 5.74) is 0.988. The predicted molar refractivity (Wildman–Crippen MR) is 116 cm³/mol. The molecule has 8 heteroatoms. The highest BCUT2D eigenvalue weighted by Gasteiger charge is 2.30. The van der Waals surface area contributed by atoms with Crippen molar-refractivity contribution in [3.63, 3.8) is 0 Å². The van der Waals surface area contributed by atoms with E-state index in [2.05, 4.69) is 10.3 Å². The van der Waals surface area contributed by atoms with Gasteiger partial charge < -0.3 is 19.4 Å². The molecule has 2 amide bonds. The van der Waals surface area contributed by atoms with Crippen LogP contribution in [0.3, 0.4) is 0 Å². The van der Waals surface area contributed by atoms with Gasteiger partial charge in [-0.05, 0) is 45.7 Å². The number of likely N-dealkylation sites (tertiary alicyclic amines) is 1. The van der Waals surface area contributed by atoms with Crippen molar-refractivity contribution in [1.82, 2.24) is 9.88 Å². The molecule has 158 valence electrons. The van der Waals surface area contributed by atoms with Crippen molar-refractivity contribution in [2.24, 2.45) is 5.92 Å². The first-order valence-corrected chi connectivity index (χ1v) is 10.9. The van der Waals surface area contributed by atoms with Crippen LogP contribution >= 0.6 is 11.3 Å². The lowest BCUT2D eigenvalue weighted by Gasteiger charge is -2.32. The van der Waals surface area contributed by atoms with Crippen molar-refractivity contribution in [2.45, 2.75) is 39.2 Å². The van der Waals surface area contributed by atoms with E-state index in [0.717, 1.165) is 11.0 Å². The van der Waals surface area contributed by atoms with Gasteiger partial charge in [0.15, 0.2) is 10.9 Å². The number of hydrogen-bond donors (Lipinski definition) is 1. The third-order valence-electron chi connectivity index (χ3n) is 4.93. The number of nitrogens with one attached hydrogen (secondary N) is 1. The molecule has 7 nitrogen and oxygen atoms in total. The smallest absolute Gasteiger partial charge is 0.410 e. The topological polar surface area (TPSA) is 84.7 Å². The van der Waals surface area contributed by atoms with Crippen LogP contribution in [0.4, 0.5) is 9.93 Å². The number of para-hydroxylation sites is 1. The van der Waals surface area contributed by atoms with Crippen LogP contribution in [0.5, 0.6) is 0 Å². The lowest BCUT2D eigenvalue weighted by Crippen LogP contribution is -2.43. The fraction of sp³-hybridized carbons (Fsp3) is 0.409. The third kappa shape index (κ3) is 4.64. The number of nitrogens with zero attached hydrogens (tertiary/aromatic N) is 2. The zero-order valence-electron chi connectivity index (χ0n) is 17.3. The standard InChI is InChI=1S/C22H25N3O4S/c1-22(2,3)29-21(27)25-10-8-14(9-11-25)19(26)24-20-23-16(13-30-20)18-12-15-6-4-5-7-17(15)28-18/h4-7,12-14H,8-11H2,1-3H3,(H,23,24,26). The first kappa shape index (κ1) is 20.4. The van der Waals surface area contributed by atoms with E-state index in [-0.39, 0.29) is 17.9 Å². The number of fused-ring (bicyclic) bond motifs is 1. The molecule has 0 bridgehead atoms. The first-order valence-electron chi connectivity index (χ1n) is 10.0. The molecule has 30 heavy (non-hydrogen) atoms. The van der Waals surface area contributed by atoms with Gasteiger partial charge in [-0.3, -0.25) is 4.79 Å². The van der Waals surface area contributed by atoms with Crippen LogP contribution in [-0.2, 0) is 9.53 Å². The predicted octanol–water partition coefficient (Wildman–Crippen LogP) is 5.14. The molecule has 1 fully saturated rings. The summed E-state index contributed by atoms with van der Waals surface area (Å²) in [6, 6.07) is 9.74. The quantitative estimate of drug-likeness (QED) is 0.625. The van der Waals surface area contributed by atoms with Crippen molar-refractivity contribution in [1.29, 1.82) is 0 Å². The van der Waals surface area contributed by atoms with Crippen molar-refractivity contribution in [3.05, 3.63) is 35.7 Å². The van der Waals surface area contributed by atoms with Gasteiger partial charge in [0, 0.05) is 29.8 Å². The van der Waals surface area contributed by atoms with Gasteiger partial charge in [-0.1, -0.05) is 18.2 Å². The number of hydrogen-bond acceptors (Lipinski definition) is 6. The summed E-state index contributed by atoms with van der Waals surface area (Å²) < 4.78 is 11.2. The summed E-state index contributed by atoms with van der Waals surface area (Å²) >= 11 is 1.37. The highest BCUT2D eigenvalue weighted by atomic mass is 32.1. The fourth-order valence-corrected chi connectivity index (χ4v) is 4.11. The molecular formula is C22H25N3O4S. The Kier molecular flexibility index (Phi) is 5.51. The molecule has 0 atom stereocenters. The molecular weight excluding hydrogens is 402 g/mol. The molecule has 0 spiro atoms. The normalized spacial score (nSPS) is 15.4. The molecule has 1 saturated heterocycles. The Labute approximate surface area is 179 Å². The lowest BCUT2D eigenvalue weighted by atomic mass is 9.96. The molecule has 1 N–H and O–H groups in total. The molecule has 1 aliphatic rings. The molecule has 1 aromatic carbocycles. The molecule has 0 radical (unpaired) electrons. The largest absolute Gasteiger partial charge is 0.454 e. The van der Waals surface area contributed by atoms with Crippen LogP contribution in [0.25, 0.3) is 22.4 Å². The molecule has 2 aromatic heterocycles. The van der Waals surface area contributed by atoms with Crippen molar-refractivity contribution in [2.75, 3.05) is 18.4 Å². The van der Waals surface area contributed by atoms with Crippen LogP contribution in [0.1, 0.15) is 33.6 Å². The fourth-order valence-electron chi connectivity index (χ4n) is 3.41. The van der Waals surface area contributed by atoms with E-state index in [9.17, 15) is 9.59 Å². The Bertz CT molecular complexity index is 1020. The summed E-state index contributed by atoms with van der Waals surface area (Å²) in [4.78, 5) is 31.0. The van der Waals surface area contributed by atoms with Gasteiger partial charge in [-0.25, -0.2) is 9.78 Å². The van der Waals surface area contributed by atoms with E-state index >= 15 is 0 Å². The van der Waals surface area contributed by atoms with Crippen LogP contribution < -0.4 is 5.32 Å². The highest BCUT2D eigenvalue weighted by Crippen LogP contribution is 2.30. The monoisotopic (exact) mass is 427 g/mol. The number of amides is 2. The number of carbonyl (C=O) groups is 2. The van der Waals surface area contributed by atoms with Gasteiger partial charge in [-0.15, -0.1) is 11.3 Å². The number of carbonyl (C=O) groups excluding carboxylic acids is 2. The Morgan fingerprint density at radius 3 is 2.67 bits per heavy atom. The van der Waals surface area contributed by atoms with E-state index in [1.165, 1.54) is 11.3 Å². The number of piperidine rings is 1. The molecule has 0 saturated carbocycles. The minimum absolute atomic E-state index is 0.0654. The van der Waals surface area contributed by atoms with E-state index in [0.29, 0.717) is 42.5 Å². The maximum atomic E-state index is 12.7. The second-order valence-electron chi connectivity index (χ2n) is 8.42. The Morgan fingerprint density at radius 2 is 1.97 bits per heavy atom. The highest BCUT2D eigenvalue weighted by molar-refractivity contribution is 7.14. The van der Waals surface area contributed by atoms with Gasteiger partial charge >= 0.3 is 6.09 Å². The Morgan fingerprint density at radius 1 is 1.23 bits per heavy atom. The number of ether oxygens (including phenoxy) is 1. The van der Waals surface area contributed by atoms with Gasteiger partial charge in [0.1, 0.15) is 16.9 Å². The number of furan rings is 1. The van der Waals surface area contributed by atoms with Crippen LogP contribution in [0.2, 0.25) is 0 Å². The summed E-state index contributed by atoms with van der Waals surface area (Å²) in [5.74, 6) is 0.463. The average molecular weight is 428 g/mol. The first-order chi connectivity index (χ1) is 14.3. The third-order valence-corrected chi connectivity index (χ3v) is 5.69. The number of thiazole rings is 1. The maximum Gasteiger partial charge on any atom is 0.410 e. The van der Waals surface area contributed by atoms with Gasteiger partial charge in [0.25, 0.3) is 0 Å². The van der Waals surface area contributed by atoms with Crippen LogP contribution in [-0.4, -0.2) is 40.6 Å². The van der Waals surface area contributed by atoms with E-state index in [4.69, 9.17) is 9.15 Å². The summed E-state index contributed by atoms with van der Waals surface area (Å²) in [7, 11) is 0. The van der Waals surface area contributed by atoms with Crippen LogP contribution in [0, 0.1) is 5.92 Å². The van der Waals surface area contributed by atoms with E-state index < -0.39 is 5.60 Å². The second kappa shape index (κ2) is 8.10. The van der Waals surface area contributed by atoms with E-state index in [1.54, 1.807) is 4.90 Å². The average Bonchev–Trinajstić information content (AvgIpc) is 3.33. The summed E-state index contributed by atoms with van der Waals surface area (Å²) in [6.45, 7) is 6.56. The second-order valence-corrected chi connectivity index (χ2v) is 9.28. The number of anilines is 1. The lowest BCUT2D eigenvalue weighted by molar-refractivity contribution is -0.121. The van der Waals surface area contributed by atoms with Gasteiger partial charge in [0.2, 0.25) is 5.91 Å². The summed E-state index contributed by atoms with van der Waals surface area (Å²) in [5, 5.41) is 6.35. The summed E-state index contributed by atoms with van der Waals surface area (Å²) in [6.07, 6.45) is 0.886. The number of benzene rings is 1. The molecule has 4 rings (SSSR count). The van der Waals surface area contributed by atoms with Gasteiger partial charge in [0.05, 0.1) is 0 Å². The molecule has 1 aliphatic heterocycles. The zero-order chi connectivity index (χ0) is 21.3. The van der Waals surface area contributed by atoms with Gasteiger partial charge in [-0.2, -0.15) is 0 Å². The van der Waals surface area contributed by atoms with Crippen molar-refractivity contribution >= 4 is 39.4 Å². The Hall–Kier alpha value is -2.87. The number of rotatable bonds is 3. The minimum Gasteiger partial charge on any atom is -0.454 e. The molecule has 3 aromatic rings. The van der Waals surface area contributed by atoms with Crippen molar-refractivity contribution in [3.8, 4) is 11.5 Å². The molecule has 0 aliphatic carbocycles. The SMILES string of the molecule is CC(C)(C)OC(=O)N1CCC(C(=O)Nc2nc(-c3cc4ccccc4o3)cs2)CC1. The Balaban J connectivity index is 1.33. The maximum absolute atomic E-state index is 12.7. The molecule has 3 heterocycles. The van der Waals surface area contributed by atoms with E-state index in [1.807, 2.05) is 56.5 Å².